The van der Waals surface area contributed by atoms with E-state index in [2.05, 4.69) is 48.6 Å². The number of amides is 1. The third-order valence-electron chi connectivity index (χ3n) is 2.51. The van der Waals surface area contributed by atoms with Gasteiger partial charge in [-0.3, -0.25) is 4.79 Å². The van der Waals surface area contributed by atoms with Gasteiger partial charge >= 0.3 is 6.61 Å². The van der Waals surface area contributed by atoms with E-state index < -0.39 is 6.61 Å². The average Bonchev–Trinajstić information content (AvgIpc) is 2.43. The summed E-state index contributed by atoms with van der Waals surface area (Å²) in [6.07, 6.45) is 0. The second-order valence-corrected chi connectivity index (χ2v) is 6.06. The van der Waals surface area contributed by atoms with Gasteiger partial charge in [0.25, 0.3) is 5.91 Å². The van der Waals surface area contributed by atoms with Gasteiger partial charge in [0, 0.05) is 13.7 Å². The van der Waals surface area contributed by atoms with Crippen LogP contribution in [0.4, 0.5) is 14.5 Å². The van der Waals surface area contributed by atoms with Crippen LogP contribution in [0.25, 0.3) is 0 Å². The fourth-order valence-corrected chi connectivity index (χ4v) is 2.53. The van der Waals surface area contributed by atoms with Crippen LogP contribution in [0, 0.1) is 3.57 Å². The first-order valence-corrected chi connectivity index (χ1v) is 7.64. The number of benzene rings is 2. The predicted octanol–water partition coefficient (Wildman–Crippen LogP) is 4.91. The van der Waals surface area contributed by atoms with Crippen molar-refractivity contribution in [1.29, 1.82) is 0 Å². The second kappa shape index (κ2) is 7.17. The molecule has 0 saturated heterocycles. The second-order valence-electron chi connectivity index (χ2n) is 3.98. The van der Waals surface area contributed by atoms with Crippen molar-refractivity contribution in [2.45, 2.75) is 6.61 Å². The normalized spacial score (nSPS) is 10.5. The summed E-state index contributed by atoms with van der Waals surface area (Å²) in [7, 11) is 0. The van der Waals surface area contributed by atoms with Crippen LogP contribution in [0.1, 0.15) is 10.4 Å². The minimum Gasteiger partial charge on any atom is -0.435 e. The Labute approximate surface area is 142 Å². The predicted molar refractivity (Wildman–Crippen MR) is 87.9 cm³/mol. The number of halogens is 4. The van der Waals surface area contributed by atoms with Crippen molar-refractivity contribution < 1.29 is 18.3 Å². The molecule has 0 unspecified atom stereocenters. The SMILES string of the molecule is O=C(Nc1ccc(OC(F)F)cc1)c1cc(Br)ccc1I. The molecule has 0 radical (unpaired) electrons. The van der Waals surface area contributed by atoms with E-state index in [4.69, 9.17) is 0 Å². The third-order valence-corrected chi connectivity index (χ3v) is 3.94. The Morgan fingerprint density at radius 3 is 2.48 bits per heavy atom. The molecule has 0 aliphatic rings. The lowest BCUT2D eigenvalue weighted by atomic mass is 10.2. The maximum Gasteiger partial charge on any atom is 0.387 e. The summed E-state index contributed by atoms with van der Waals surface area (Å²) >= 11 is 5.38. The maximum absolute atomic E-state index is 12.2. The van der Waals surface area contributed by atoms with Gasteiger partial charge in [0.1, 0.15) is 5.75 Å². The Morgan fingerprint density at radius 2 is 1.86 bits per heavy atom. The molecule has 7 heteroatoms. The first-order valence-electron chi connectivity index (χ1n) is 5.77. The molecule has 0 fully saturated rings. The van der Waals surface area contributed by atoms with E-state index >= 15 is 0 Å². The lowest BCUT2D eigenvalue weighted by molar-refractivity contribution is -0.0498. The van der Waals surface area contributed by atoms with E-state index in [1.54, 1.807) is 6.07 Å². The number of anilines is 1. The number of alkyl halides is 2. The zero-order valence-electron chi connectivity index (χ0n) is 10.4. The number of carbonyl (C=O) groups is 1. The fraction of sp³-hybridized carbons (Fsp3) is 0.0714. The molecule has 21 heavy (non-hydrogen) atoms. The van der Waals surface area contributed by atoms with E-state index in [1.165, 1.54) is 24.3 Å². The number of carbonyl (C=O) groups excluding carboxylic acids is 1. The van der Waals surface area contributed by atoms with Gasteiger partial charge < -0.3 is 10.1 Å². The van der Waals surface area contributed by atoms with E-state index in [1.807, 2.05) is 12.1 Å². The molecule has 2 aromatic rings. The first kappa shape index (κ1) is 16.2. The van der Waals surface area contributed by atoms with Gasteiger partial charge in [0.05, 0.1) is 5.56 Å². The van der Waals surface area contributed by atoms with E-state index in [-0.39, 0.29) is 11.7 Å². The van der Waals surface area contributed by atoms with Gasteiger partial charge in [-0.25, -0.2) is 0 Å². The summed E-state index contributed by atoms with van der Waals surface area (Å²) in [6, 6.07) is 11.1. The van der Waals surface area contributed by atoms with Crippen molar-refractivity contribution in [3.8, 4) is 5.75 Å². The van der Waals surface area contributed by atoms with Crippen LogP contribution in [0.15, 0.2) is 46.9 Å². The van der Waals surface area contributed by atoms with E-state index in [9.17, 15) is 13.6 Å². The highest BCUT2D eigenvalue weighted by Gasteiger charge is 2.11. The van der Waals surface area contributed by atoms with E-state index in [0.717, 1.165) is 8.04 Å². The lowest BCUT2D eigenvalue weighted by Gasteiger charge is -2.09. The smallest absolute Gasteiger partial charge is 0.387 e. The molecule has 2 aromatic carbocycles. The molecule has 0 aliphatic carbocycles. The Balaban J connectivity index is 2.10. The van der Waals surface area contributed by atoms with Crippen LogP contribution < -0.4 is 10.1 Å². The Morgan fingerprint density at radius 1 is 1.19 bits per heavy atom. The number of nitrogens with one attached hydrogen (secondary N) is 1. The van der Waals surface area contributed by atoms with Crippen molar-refractivity contribution in [2.75, 3.05) is 5.32 Å². The van der Waals surface area contributed by atoms with Crippen LogP contribution in [0.3, 0.4) is 0 Å². The lowest BCUT2D eigenvalue weighted by Crippen LogP contribution is -2.13. The van der Waals surface area contributed by atoms with Crippen molar-refractivity contribution in [3.05, 3.63) is 56.1 Å². The van der Waals surface area contributed by atoms with Gasteiger partial charge in [-0.15, -0.1) is 0 Å². The first-order chi connectivity index (χ1) is 9.95. The Kier molecular flexibility index (Phi) is 5.51. The minimum atomic E-state index is -2.87. The van der Waals surface area contributed by atoms with Crippen molar-refractivity contribution in [1.82, 2.24) is 0 Å². The van der Waals surface area contributed by atoms with Gasteiger partial charge in [0.15, 0.2) is 0 Å². The largest absolute Gasteiger partial charge is 0.435 e. The molecular formula is C14H9BrF2INO2. The molecule has 0 saturated carbocycles. The summed E-state index contributed by atoms with van der Waals surface area (Å²) in [5, 5.41) is 2.70. The highest BCUT2D eigenvalue weighted by atomic mass is 127. The van der Waals surface area contributed by atoms with Gasteiger partial charge in [-0.05, 0) is 65.1 Å². The molecule has 0 aliphatic heterocycles. The summed E-state index contributed by atoms with van der Waals surface area (Å²) in [4.78, 5) is 12.2. The van der Waals surface area contributed by atoms with E-state index in [0.29, 0.717) is 11.3 Å². The summed E-state index contributed by atoms with van der Waals surface area (Å²) in [6.45, 7) is -2.87. The Bertz CT molecular complexity index is 650. The number of rotatable bonds is 4. The zero-order valence-corrected chi connectivity index (χ0v) is 14.2. The molecule has 1 N–H and O–H groups in total. The molecular weight excluding hydrogens is 459 g/mol. The summed E-state index contributed by atoms with van der Waals surface area (Å²) in [5.41, 5.74) is 1.02. The number of hydrogen-bond donors (Lipinski definition) is 1. The molecule has 0 spiro atoms. The van der Waals surface area contributed by atoms with Gasteiger partial charge in [-0.2, -0.15) is 8.78 Å². The van der Waals surface area contributed by atoms with Crippen LogP contribution in [0.5, 0.6) is 5.75 Å². The molecule has 0 heterocycles. The van der Waals surface area contributed by atoms with Gasteiger partial charge in [0.2, 0.25) is 0 Å². The topological polar surface area (TPSA) is 38.3 Å². The molecule has 3 nitrogen and oxygen atoms in total. The maximum atomic E-state index is 12.2. The standard InChI is InChI=1S/C14H9BrF2INO2/c15-8-1-6-12(18)11(7-8)13(20)19-9-2-4-10(5-3-9)21-14(16)17/h1-7,14H,(H,19,20). The van der Waals surface area contributed by atoms with Crippen LogP contribution >= 0.6 is 38.5 Å². The highest BCUT2D eigenvalue weighted by Crippen LogP contribution is 2.21. The number of ether oxygens (including phenoxy) is 1. The molecule has 1 amide bonds. The van der Waals surface area contributed by atoms with Gasteiger partial charge in [-0.1, -0.05) is 15.9 Å². The average molecular weight is 468 g/mol. The molecule has 0 atom stereocenters. The van der Waals surface area contributed by atoms with Crippen molar-refractivity contribution in [3.63, 3.8) is 0 Å². The highest BCUT2D eigenvalue weighted by molar-refractivity contribution is 14.1. The monoisotopic (exact) mass is 467 g/mol. The number of hydrogen-bond acceptors (Lipinski definition) is 2. The van der Waals surface area contributed by atoms with Crippen LogP contribution in [-0.4, -0.2) is 12.5 Å². The molecule has 110 valence electrons. The molecule has 2 rings (SSSR count). The van der Waals surface area contributed by atoms with Crippen LogP contribution in [-0.2, 0) is 0 Å². The van der Waals surface area contributed by atoms with Crippen molar-refractivity contribution >= 4 is 50.1 Å². The zero-order chi connectivity index (χ0) is 15.4. The summed E-state index contributed by atoms with van der Waals surface area (Å²) < 4.78 is 29.9. The molecule has 0 bridgehead atoms. The Hall–Kier alpha value is -1.22. The minimum absolute atomic E-state index is 0.0417. The molecule has 0 aromatic heterocycles. The summed E-state index contributed by atoms with van der Waals surface area (Å²) in [5.74, 6) is -0.233. The fourth-order valence-electron chi connectivity index (χ4n) is 1.59. The third kappa shape index (κ3) is 4.63. The van der Waals surface area contributed by atoms with Crippen molar-refractivity contribution in [2.24, 2.45) is 0 Å². The van der Waals surface area contributed by atoms with Crippen LogP contribution in [0.2, 0.25) is 0 Å². The quantitative estimate of drug-likeness (QED) is 0.649.